The van der Waals surface area contributed by atoms with E-state index in [4.69, 9.17) is 10.5 Å². The highest BCUT2D eigenvalue weighted by atomic mass is 16.5. The van der Waals surface area contributed by atoms with E-state index in [1.165, 1.54) is 11.1 Å². The van der Waals surface area contributed by atoms with Gasteiger partial charge in [0, 0.05) is 18.0 Å². The number of hydrogen-bond acceptors (Lipinski definition) is 3. The Balaban J connectivity index is 2.21. The van der Waals surface area contributed by atoms with Gasteiger partial charge in [-0.05, 0) is 31.0 Å². The van der Waals surface area contributed by atoms with Crippen LogP contribution < -0.4 is 10.5 Å². The van der Waals surface area contributed by atoms with E-state index in [1.54, 1.807) is 6.20 Å². The van der Waals surface area contributed by atoms with Gasteiger partial charge >= 0.3 is 0 Å². The molecule has 1 aromatic carbocycles. The number of nitrogens with two attached hydrogens (primary N) is 1. The highest BCUT2D eigenvalue weighted by Gasteiger charge is 2.06. The number of hydrogen-bond donors (Lipinski definition) is 1. The van der Waals surface area contributed by atoms with E-state index < -0.39 is 0 Å². The molecule has 0 atom stereocenters. The van der Waals surface area contributed by atoms with Gasteiger partial charge in [-0.2, -0.15) is 0 Å². The summed E-state index contributed by atoms with van der Waals surface area (Å²) in [5, 5.41) is 0. The summed E-state index contributed by atoms with van der Waals surface area (Å²) in [5.74, 6) is 0.955. The maximum Gasteiger partial charge on any atom is 0.124 e. The average molecular weight is 259 g/mol. The number of nitrogens with zero attached hydrogens (tertiary/aromatic N) is 2. The van der Waals surface area contributed by atoms with Crippen LogP contribution in [-0.4, -0.2) is 22.7 Å². The predicted molar refractivity (Wildman–Crippen MR) is 76.3 cm³/mol. The minimum atomic E-state index is 0.666. The molecule has 2 rings (SSSR count). The highest BCUT2D eigenvalue weighted by molar-refractivity contribution is 5.37. The van der Waals surface area contributed by atoms with E-state index in [1.807, 2.05) is 23.2 Å². The molecule has 0 aliphatic rings. The van der Waals surface area contributed by atoms with Gasteiger partial charge < -0.3 is 15.0 Å². The smallest absolute Gasteiger partial charge is 0.124 e. The Hall–Kier alpha value is -1.81. The van der Waals surface area contributed by atoms with Crippen molar-refractivity contribution in [2.24, 2.45) is 5.73 Å². The minimum Gasteiger partial charge on any atom is -0.493 e. The van der Waals surface area contributed by atoms with Crippen LogP contribution in [0.1, 0.15) is 24.5 Å². The summed E-state index contributed by atoms with van der Waals surface area (Å²) >= 11 is 0. The van der Waals surface area contributed by atoms with Gasteiger partial charge in [0.25, 0.3) is 0 Å². The first-order valence-electron chi connectivity index (χ1n) is 6.74. The molecule has 19 heavy (non-hydrogen) atoms. The minimum absolute atomic E-state index is 0.666. The number of aromatic nitrogens is 2. The maximum atomic E-state index is 5.80. The first kappa shape index (κ1) is 13.6. The molecule has 4 nitrogen and oxygen atoms in total. The van der Waals surface area contributed by atoms with Crippen LogP contribution in [0.2, 0.25) is 0 Å². The van der Waals surface area contributed by atoms with Gasteiger partial charge in [-0.15, -0.1) is 0 Å². The molecule has 0 spiro atoms. The van der Waals surface area contributed by atoms with Crippen molar-refractivity contribution < 1.29 is 4.74 Å². The first-order chi connectivity index (χ1) is 9.33. The largest absolute Gasteiger partial charge is 0.493 e. The molecule has 0 amide bonds. The van der Waals surface area contributed by atoms with Crippen LogP contribution in [0.25, 0.3) is 0 Å². The van der Waals surface area contributed by atoms with Crippen molar-refractivity contribution in [1.29, 1.82) is 0 Å². The van der Waals surface area contributed by atoms with E-state index in [-0.39, 0.29) is 0 Å². The molecule has 1 heterocycles. The van der Waals surface area contributed by atoms with Crippen molar-refractivity contribution in [2.45, 2.75) is 26.3 Å². The van der Waals surface area contributed by atoms with Gasteiger partial charge in [-0.25, -0.2) is 4.98 Å². The zero-order chi connectivity index (χ0) is 13.5. The number of benzene rings is 1. The van der Waals surface area contributed by atoms with Gasteiger partial charge in [0.15, 0.2) is 0 Å². The fraction of sp³-hybridized carbons (Fsp3) is 0.400. The summed E-state index contributed by atoms with van der Waals surface area (Å²) in [6.45, 7) is 4.29. The van der Waals surface area contributed by atoms with Crippen LogP contribution in [0, 0.1) is 0 Å². The highest BCUT2D eigenvalue weighted by Crippen LogP contribution is 2.22. The normalized spacial score (nSPS) is 10.6. The fourth-order valence-corrected chi connectivity index (χ4v) is 2.01. The Morgan fingerprint density at radius 1 is 1.37 bits per heavy atom. The molecule has 4 heteroatoms. The molecule has 1 aromatic heterocycles. The zero-order valence-corrected chi connectivity index (χ0v) is 11.4. The molecular weight excluding hydrogens is 238 g/mol. The molecule has 0 aliphatic carbocycles. The third-order valence-electron chi connectivity index (χ3n) is 2.93. The second-order valence-corrected chi connectivity index (χ2v) is 4.56. The van der Waals surface area contributed by atoms with Gasteiger partial charge in [-0.1, -0.05) is 19.1 Å². The molecule has 0 bridgehead atoms. The lowest BCUT2D eigenvalue weighted by Crippen LogP contribution is -2.06. The SMILES string of the molecule is CCCOc1ccc(CCN)cc1Cn1ccnc1. The van der Waals surface area contributed by atoms with Crippen molar-refractivity contribution in [3.8, 4) is 5.75 Å². The van der Waals surface area contributed by atoms with Crippen molar-refractivity contribution in [1.82, 2.24) is 9.55 Å². The van der Waals surface area contributed by atoms with E-state index in [9.17, 15) is 0 Å². The monoisotopic (exact) mass is 259 g/mol. The number of imidazole rings is 1. The van der Waals surface area contributed by atoms with E-state index >= 15 is 0 Å². The molecule has 0 saturated heterocycles. The Kier molecular flexibility index (Phi) is 4.98. The van der Waals surface area contributed by atoms with Crippen molar-refractivity contribution in [3.63, 3.8) is 0 Å². The Bertz CT molecular complexity index is 494. The second kappa shape index (κ2) is 6.95. The standard InChI is InChI=1S/C15H21N3O/c1-2-9-19-15-4-3-13(5-6-16)10-14(15)11-18-8-7-17-12-18/h3-4,7-8,10,12H,2,5-6,9,11,16H2,1H3. The van der Waals surface area contributed by atoms with Crippen LogP contribution in [0.15, 0.2) is 36.9 Å². The molecule has 0 fully saturated rings. The summed E-state index contributed by atoms with van der Waals surface area (Å²) in [6, 6.07) is 6.32. The first-order valence-corrected chi connectivity index (χ1v) is 6.74. The van der Waals surface area contributed by atoms with Crippen molar-refractivity contribution >= 4 is 0 Å². The Morgan fingerprint density at radius 3 is 2.95 bits per heavy atom. The fourth-order valence-electron chi connectivity index (χ4n) is 2.01. The lowest BCUT2D eigenvalue weighted by atomic mass is 10.1. The van der Waals surface area contributed by atoms with Crippen molar-refractivity contribution in [3.05, 3.63) is 48.0 Å². The molecule has 0 saturated carbocycles. The third-order valence-corrected chi connectivity index (χ3v) is 2.93. The van der Waals surface area contributed by atoms with Gasteiger partial charge in [0.1, 0.15) is 5.75 Å². The van der Waals surface area contributed by atoms with E-state index in [0.717, 1.165) is 31.7 Å². The molecule has 0 aliphatic heterocycles. The van der Waals surface area contributed by atoms with Gasteiger partial charge in [-0.3, -0.25) is 0 Å². The number of rotatable bonds is 7. The van der Waals surface area contributed by atoms with Crippen LogP contribution >= 0.6 is 0 Å². The number of ether oxygens (including phenoxy) is 1. The quantitative estimate of drug-likeness (QED) is 0.829. The second-order valence-electron chi connectivity index (χ2n) is 4.56. The van der Waals surface area contributed by atoms with E-state index in [0.29, 0.717) is 6.54 Å². The third kappa shape index (κ3) is 3.83. The molecule has 2 N–H and O–H groups in total. The lowest BCUT2D eigenvalue weighted by Gasteiger charge is -2.13. The zero-order valence-electron chi connectivity index (χ0n) is 11.4. The van der Waals surface area contributed by atoms with Gasteiger partial charge in [0.2, 0.25) is 0 Å². The summed E-state index contributed by atoms with van der Waals surface area (Å²) < 4.78 is 7.85. The van der Waals surface area contributed by atoms with Crippen LogP contribution in [0.3, 0.4) is 0 Å². The van der Waals surface area contributed by atoms with Crippen LogP contribution in [0.4, 0.5) is 0 Å². The lowest BCUT2D eigenvalue weighted by molar-refractivity contribution is 0.313. The topological polar surface area (TPSA) is 53.1 Å². The average Bonchev–Trinajstić information content (AvgIpc) is 2.91. The Labute approximate surface area is 114 Å². The van der Waals surface area contributed by atoms with E-state index in [2.05, 4.69) is 24.0 Å². The van der Waals surface area contributed by atoms with Crippen LogP contribution in [-0.2, 0) is 13.0 Å². The molecule has 0 radical (unpaired) electrons. The summed E-state index contributed by atoms with van der Waals surface area (Å²) in [5.41, 5.74) is 8.05. The molecule has 102 valence electrons. The summed E-state index contributed by atoms with van der Waals surface area (Å²) in [7, 11) is 0. The summed E-state index contributed by atoms with van der Waals surface area (Å²) in [6.07, 6.45) is 7.47. The predicted octanol–water partition coefficient (Wildman–Crippen LogP) is 2.22. The Morgan fingerprint density at radius 2 is 2.26 bits per heavy atom. The van der Waals surface area contributed by atoms with Crippen LogP contribution in [0.5, 0.6) is 5.75 Å². The summed E-state index contributed by atoms with van der Waals surface area (Å²) in [4.78, 5) is 4.07. The maximum absolute atomic E-state index is 5.80. The van der Waals surface area contributed by atoms with Gasteiger partial charge in [0.05, 0.1) is 19.5 Å². The molecular formula is C15H21N3O. The molecule has 2 aromatic rings. The van der Waals surface area contributed by atoms with Crippen molar-refractivity contribution in [2.75, 3.05) is 13.2 Å². The molecule has 0 unspecified atom stereocenters.